The molecule has 2 heterocycles. The molecule has 0 radical (unpaired) electrons. The maximum atomic E-state index is 12.7. The zero-order valence-corrected chi connectivity index (χ0v) is 15.3. The number of hydrogen-bond donors (Lipinski definition) is 1. The van der Waals surface area contributed by atoms with E-state index in [1.807, 2.05) is 10.7 Å². The molecule has 1 saturated carbocycles. The Morgan fingerprint density at radius 3 is 2.62 bits per heavy atom. The lowest BCUT2D eigenvalue weighted by molar-refractivity contribution is 0.0204. The number of amides is 1. The fourth-order valence-corrected chi connectivity index (χ4v) is 3.13. The minimum Gasteiger partial charge on any atom is -0.379 e. The summed E-state index contributed by atoms with van der Waals surface area (Å²) in [5.41, 5.74) is 1.55. The Labute approximate surface area is 144 Å². The molecule has 2 fully saturated rings. The minimum atomic E-state index is -0.199. The zero-order valence-electron chi connectivity index (χ0n) is 15.3. The lowest BCUT2D eigenvalue weighted by atomic mass is 10.1. The third kappa shape index (κ3) is 3.98. The molecule has 1 aliphatic carbocycles. The molecule has 1 N–H and O–H groups in total. The van der Waals surface area contributed by atoms with Gasteiger partial charge < -0.3 is 10.1 Å². The molecule has 6 heteroatoms. The summed E-state index contributed by atoms with van der Waals surface area (Å²) in [4.78, 5) is 15.1. The maximum absolute atomic E-state index is 12.7. The van der Waals surface area contributed by atoms with Gasteiger partial charge in [0.05, 0.1) is 24.4 Å². The molecule has 1 atom stereocenters. The smallest absolute Gasteiger partial charge is 0.269 e. The number of ether oxygens (including phenoxy) is 1. The minimum absolute atomic E-state index is 0.0237. The van der Waals surface area contributed by atoms with Gasteiger partial charge in [-0.1, -0.05) is 0 Å². The van der Waals surface area contributed by atoms with E-state index in [0.29, 0.717) is 24.2 Å². The highest BCUT2D eigenvalue weighted by atomic mass is 16.5. The molecule has 0 spiro atoms. The van der Waals surface area contributed by atoms with Crippen LogP contribution in [0.25, 0.3) is 0 Å². The Hall–Kier alpha value is -1.40. The van der Waals surface area contributed by atoms with E-state index < -0.39 is 0 Å². The predicted molar refractivity (Wildman–Crippen MR) is 93.4 cm³/mol. The number of nitrogens with zero attached hydrogens (tertiary/aromatic N) is 3. The van der Waals surface area contributed by atoms with Crippen LogP contribution in [0.5, 0.6) is 0 Å². The highest BCUT2D eigenvalue weighted by molar-refractivity contribution is 5.92. The van der Waals surface area contributed by atoms with Crippen LogP contribution >= 0.6 is 0 Å². The Morgan fingerprint density at radius 2 is 2.04 bits per heavy atom. The summed E-state index contributed by atoms with van der Waals surface area (Å²) in [5.74, 6) is 0.525. The topological polar surface area (TPSA) is 59.4 Å². The van der Waals surface area contributed by atoms with E-state index in [1.54, 1.807) is 0 Å². The van der Waals surface area contributed by atoms with Crippen LogP contribution in [0.1, 0.15) is 62.6 Å². The molecule has 1 aromatic heterocycles. The molecule has 24 heavy (non-hydrogen) atoms. The SMILES string of the molecule is C[C@@H](CNC(=O)c1cc(C2CC2)nn1C(C)(C)C)N1CCOCC1. The zero-order chi connectivity index (χ0) is 17.3. The van der Waals surface area contributed by atoms with Crippen molar-refractivity contribution in [1.29, 1.82) is 0 Å². The Bertz CT molecular complexity index is 580. The number of rotatable bonds is 5. The first-order valence-electron chi connectivity index (χ1n) is 9.06. The van der Waals surface area contributed by atoms with Gasteiger partial charge in [0.25, 0.3) is 5.91 Å². The highest BCUT2D eigenvalue weighted by Gasteiger charge is 2.31. The molecule has 134 valence electrons. The average molecular weight is 334 g/mol. The molecule has 0 aromatic carbocycles. The third-order valence-electron chi connectivity index (χ3n) is 4.82. The monoisotopic (exact) mass is 334 g/mol. The summed E-state index contributed by atoms with van der Waals surface area (Å²) in [6.45, 7) is 12.5. The van der Waals surface area contributed by atoms with Crippen LogP contribution in [0.4, 0.5) is 0 Å². The molecule has 2 aliphatic rings. The van der Waals surface area contributed by atoms with Gasteiger partial charge in [-0.3, -0.25) is 14.4 Å². The van der Waals surface area contributed by atoms with Crippen LogP contribution in [0.3, 0.4) is 0 Å². The first-order valence-corrected chi connectivity index (χ1v) is 9.06. The average Bonchev–Trinajstić information content (AvgIpc) is 3.30. The summed E-state index contributed by atoms with van der Waals surface area (Å²) in [5, 5.41) is 7.81. The largest absolute Gasteiger partial charge is 0.379 e. The van der Waals surface area contributed by atoms with Crippen molar-refractivity contribution < 1.29 is 9.53 Å². The van der Waals surface area contributed by atoms with E-state index in [2.05, 4.69) is 37.9 Å². The fourth-order valence-electron chi connectivity index (χ4n) is 3.13. The molecule has 1 aromatic rings. The molecule has 1 aliphatic heterocycles. The lowest BCUT2D eigenvalue weighted by Gasteiger charge is -2.32. The van der Waals surface area contributed by atoms with Crippen LogP contribution in [0, 0.1) is 0 Å². The van der Waals surface area contributed by atoms with Crippen LogP contribution in [0.15, 0.2) is 6.07 Å². The second kappa shape index (κ2) is 6.84. The maximum Gasteiger partial charge on any atom is 0.269 e. The van der Waals surface area contributed by atoms with Gasteiger partial charge in [0.15, 0.2) is 0 Å². The van der Waals surface area contributed by atoms with Crippen LogP contribution < -0.4 is 5.32 Å². The second-order valence-corrected chi connectivity index (χ2v) is 8.02. The molecule has 1 saturated heterocycles. The van der Waals surface area contributed by atoms with Gasteiger partial charge in [-0.05, 0) is 46.6 Å². The van der Waals surface area contributed by atoms with Crippen LogP contribution in [0.2, 0.25) is 0 Å². The first-order chi connectivity index (χ1) is 11.4. The number of nitrogens with one attached hydrogen (secondary N) is 1. The molecular formula is C18H30N4O2. The van der Waals surface area contributed by atoms with E-state index >= 15 is 0 Å². The van der Waals surface area contributed by atoms with Gasteiger partial charge in [0.2, 0.25) is 0 Å². The predicted octanol–water partition coefficient (Wildman–Crippen LogP) is 1.97. The quantitative estimate of drug-likeness (QED) is 0.894. The van der Waals surface area contributed by atoms with Gasteiger partial charge in [0, 0.05) is 31.6 Å². The van der Waals surface area contributed by atoms with Crippen molar-refractivity contribution in [3.8, 4) is 0 Å². The number of aromatic nitrogens is 2. The Kier molecular flexibility index (Phi) is 4.97. The van der Waals surface area contributed by atoms with Crippen molar-refractivity contribution in [3.63, 3.8) is 0 Å². The van der Waals surface area contributed by atoms with E-state index in [9.17, 15) is 4.79 Å². The van der Waals surface area contributed by atoms with Gasteiger partial charge in [-0.15, -0.1) is 0 Å². The van der Waals surface area contributed by atoms with Gasteiger partial charge in [-0.25, -0.2) is 0 Å². The van der Waals surface area contributed by atoms with E-state index in [1.165, 1.54) is 12.8 Å². The fraction of sp³-hybridized carbons (Fsp3) is 0.778. The van der Waals surface area contributed by atoms with E-state index in [4.69, 9.17) is 9.84 Å². The van der Waals surface area contributed by atoms with Crippen LogP contribution in [-0.4, -0.2) is 59.5 Å². The molecule has 0 bridgehead atoms. The molecule has 3 rings (SSSR count). The standard InChI is InChI=1S/C18H30N4O2/c1-13(21-7-9-24-10-8-21)12-19-17(23)16-11-15(14-5-6-14)20-22(16)18(2,3)4/h11,13-14H,5-10,12H2,1-4H3,(H,19,23)/t13-/m0/s1. The number of carbonyl (C=O) groups excluding carboxylic acids is 1. The van der Waals surface area contributed by atoms with E-state index in [0.717, 1.165) is 32.0 Å². The molecule has 1 amide bonds. The third-order valence-corrected chi connectivity index (χ3v) is 4.82. The van der Waals surface area contributed by atoms with Gasteiger partial charge >= 0.3 is 0 Å². The second-order valence-electron chi connectivity index (χ2n) is 8.02. The molecular weight excluding hydrogens is 304 g/mol. The summed E-state index contributed by atoms with van der Waals surface area (Å²) >= 11 is 0. The Balaban J connectivity index is 1.65. The van der Waals surface area contributed by atoms with Crippen LogP contribution in [-0.2, 0) is 10.3 Å². The first kappa shape index (κ1) is 17.4. The molecule has 0 unspecified atom stereocenters. The van der Waals surface area contributed by atoms with E-state index in [-0.39, 0.29) is 11.4 Å². The van der Waals surface area contributed by atoms with Gasteiger partial charge in [-0.2, -0.15) is 5.10 Å². The normalized spacial score (nSPS) is 20.8. The van der Waals surface area contributed by atoms with Gasteiger partial charge in [0.1, 0.15) is 5.69 Å². The number of carbonyl (C=O) groups is 1. The van der Waals surface area contributed by atoms with Crippen molar-refractivity contribution in [3.05, 3.63) is 17.5 Å². The summed E-state index contributed by atoms with van der Waals surface area (Å²) in [6, 6.07) is 2.30. The van der Waals surface area contributed by atoms with Crippen molar-refractivity contribution in [2.45, 2.75) is 58.0 Å². The van der Waals surface area contributed by atoms with Crippen molar-refractivity contribution in [2.24, 2.45) is 0 Å². The molecule has 6 nitrogen and oxygen atoms in total. The Morgan fingerprint density at radius 1 is 1.38 bits per heavy atom. The lowest BCUT2D eigenvalue weighted by Crippen LogP contribution is -2.47. The number of hydrogen-bond acceptors (Lipinski definition) is 4. The highest BCUT2D eigenvalue weighted by Crippen LogP contribution is 2.40. The van der Waals surface area contributed by atoms with Crippen molar-refractivity contribution in [1.82, 2.24) is 20.0 Å². The summed E-state index contributed by atoms with van der Waals surface area (Å²) in [7, 11) is 0. The summed E-state index contributed by atoms with van der Waals surface area (Å²) < 4.78 is 7.27. The van der Waals surface area contributed by atoms with Crippen molar-refractivity contribution in [2.75, 3.05) is 32.8 Å². The van der Waals surface area contributed by atoms with Crippen molar-refractivity contribution >= 4 is 5.91 Å². The summed E-state index contributed by atoms with van der Waals surface area (Å²) in [6.07, 6.45) is 2.38. The number of morpholine rings is 1.